The summed E-state index contributed by atoms with van der Waals surface area (Å²) >= 11 is 3.31. The second-order valence-electron chi connectivity index (χ2n) is 4.32. The molecule has 2 rings (SSSR count). The van der Waals surface area contributed by atoms with Crippen molar-refractivity contribution in [3.8, 4) is 0 Å². The van der Waals surface area contributed by atoms with Crippen molar-refractivity contribution in [1.82, 2.24) is 0 Å². The van der Waals surface area contributed by atoms with Gasteiger partial charge in [0.15, 0.2) is 5.78 Å². The van der Waals surface area contributed by atoms with E-state index in [-0.39, 0.29) is 12.2 Å². The number of carbonyl (C=O) groups is 2. The van der Waals surface area contributed by atoms with Crippen LogP contribution in [0, 0.1) is 0 Å². The lowest BCUT2D eigenvalue weighted by Crippen LogP contribution is -2.06. The van der Waals surface area contributed by atoms with Crippen molar-refractivity contribution in [2.45, 2.75) is 6.42 Å². The monoisotopic (exact) mass is 333 g/mol. The molecule has 0 amide bonds. The second-order valence-corrected chi connectivity index (χ2v) is 5.24. The Hall–Kier alpha value is -2.14. The van der Waals surface area contributed by atoms with Gasteiger partial charge in [-0.3, -0.25) is 9.59 Å². The van der Waals surface area contributed by atoms with E-state index in [0.29, 0.717) is 22.4 Å². The Morgan fingerprint density at radius 1 is 1.05 bits per heavy atom. The maximum absolute atomic E-state index is 12.3. The standard InChI is InChI=1S/C15H12BrNO3/c16-12-5-3-9(4-6-12)15(20)11-2-1-10(8-14(18)19)13(17)7-11/h1-7H,8,17H2,(H,18,19). The molecular formula is C15H12BrNO3. The highest BCUT2D eigenvalue weighted by Gasteiger charge is 2.12. The number of nitrogens with two attached hydrogens (primary N) is 1. The van der Waals surface area contributed by atoms with Gasteiger partial charge in [-0.05, 0) is 35.9 Å². The van der Waals surface area contributed by atoms with E-state index in [9.17, 15) is 9.59 Å². The quantitative estimate of drug-likeness (QED) is 0.665. The molecule has 0 bridgehead atoms. The van der Waals surface area contributed by atoms with Gasteiger partial charge in [0.1, 0.15) is 0 Å². The number of ketones is 1. The largest absolute Gasteiger partial charge is 0.481 e. The Labute approximate surface area is 124 Å². The molecule has 5 heteroatoms. The van der Waals surface area contributed by atoms with Gasteiger partial charge < -0.3 is 10.8 Å². The Balaban J connectivity index is 2.29. The third-order valence-electron chi connectivity index (χ3n) is 2.86. The second kappa shape index (κ2) is 5.88. The summed E-state index contributed by atoms with van der Waals surface area (Å²) in [6.45, 7) is 0. The van der Waals surface area contributed by atoms with Crippen LogP contribution in [0.25, 0.3) is 0 Å². The van der Waals surface area contributed by atoms with Crippen LogP contribution in [-0.4, -0.2) is 16.9 Å². The van der Waals surface area contributed by atoms with Crippen molar-refractivity contribution in [3.63, 3.8) is 0 Å². The highest BCUT2D eigenvalue weighted by atomic mass is 79.9. The van der Waals surface area contributed by atoms with E-state index in [1.54, 1.807) is 36.4 Å². The number of carboxylic acids is 1. The number of carbonyl (C=O) groups excluding carboxylic acids is 1. The Kier molecular flexibility index (Phi) is 4.20. The number of hydrogen-bond donors (Lipinski definition) is 2. The maximum Gasteiger partial charge on any atom is 0.307 e. The van der Waals surface area contributed by atoms with E-state index < -0.39 is 5.97 Å². The molecule has 0 aromatic heterocycles. The first-order chi connectivity index (χ1) is 9.47. The van der Waals surface area contributed by atoms with Crippen LogP contribution in [0.4, 0.5) is 5.69 Å². The highest BCUT2D eigenvalue weighted by Crippen LogP contribution is 2.19. The first-order valence-corrected chi connectivity index (χ1v) is 6.67. The Morgan fingerprint density at radius 3 is 2.20 bits per heavy atom. The molecule has 0 aliphatic rings. The summed E-state index contributed by atoms with van der Waals surface area (Å²) < 4.78 is 0.894. The minimum absolute atomic E-state index is 0.147. The summed E-state index contributed by atoms with van der Waals surface area (Å²) in [6.07, 6.45) is -0.154. The molecule has 20 heavy (non-hydrogen) atoms. The van der Waals surface area contributed by atoms with Crippen LogP contribution in [0.2, 0.25) is 0 Å². The lowest BCUT2D eigenvalue weighted by molar-refractivity contribution is -0.136. The highest BCUT2D eigenvalue weighted by molar-refractivity contribution is 9.10. The first-order valence-electron chi connectivity index (χ1n) is 5.88. The van der Waals surface area contributed by atoms with Crippen molar-refractivity contribution >= 4 is 33.4 Å². The molecule has 0 saturated heterocycles. The molecule has 4 nitrogen and oxygen atoms in total. The van der Waals surface area contributed by atoms with Gasteiger partial charge in [-0.2, -0.15) is 0 Å². The molecular weight excluding hydrogens is 322 g/mol. The Bertz CT molecular complexity index is 665. The van der Waals surface area contributed by atoms with Crippen LogP contribution in [0.15, 0.2) is 46.9 Å². The minimum atomic E-state index is -0.955. The molecule has 0 radical (unpaired) electrons. The average Bonchev–Trinajstić information content (AvgIpc) is 2.41. The average molecular weight is 334 g/mol. The molecule has 2 aromatic rings. The summed E-state index contributed by atoms with van der Waals surface area (Å²) in [5, 5.41) is 8.75. The zero-order valence-corrected chi connectivity index (χ0v) is 12.1. The zero-order valence-electron chi connectivity index (χ0n) is 10.5. The summed E-state index contributed by atoms with van der Waals surface area (Å²) in [6, 6.07) is 11.7. The van der Waals surface area contributed by atoms with Crippen LogP contribution in [0.5, 0.6) is 0 Å². The lowest BCUT2D eigenvalue weighted by atomic mass is 10.00. The smallest absolute Gasteiger partial charge is 0.307 e. The van der Waals surface area contributed by atoms with Crippen molar-refractivity contribution < 1.29 is 14.7 Å². The molecule has 102 valence electrons. The van der Waals surface area contributed by atoms with Gasteiger partial charge in [0.25, 0.3) is 0 Å². The summed E-state index contributed by atoms with van der Waals surface area (Å²) in [7, 11) is 0. The van der Waals surface area contributed by atoms with Crippen LogP contribution < -0.4 is 5.73 Å². The summed E-state index contributed by atoms with van der Waals surface area (Å²) in [5.41, 5.74) is 7.60. The maximum atomic E-state index is 12.3. The van der Waals surface area contributed by atoms with Crippen LogP contribution >= 0.6 is 15.9 Å². The van der Waals surface area contributed by atoms with E-state index in [1.807, 2.05) is 0 Å². The number of rotatable bonds is 4. The van der Waals surface area contributed by atoms with Gasteiger partial charge >= 0.3 is 5.97 Å². The van der Waals surface area contributed by atoms with Crippen LogP contribution in [-0.2, 0) is 11.2 Å². The van der Waals surface area contributed by atoms with Gasteiger partial charge in [-0.15, -0.1) is 0 Å². The number of anilines is 1. The number of aliphatic carboxylic acids is 1. The third kappa shape index (κ3) is 3.24. The SMILES string of the molecule is Nc1cc(C(=O)c2ccc(Br)cc2)ccc1CC(=O)O. The zero-order chi connectivity index (χ0) is 14.7. The lowest BCUT2D eigenvalue weighted by Gasteiger charge is -2.06. The van der Waals surface area contributed by atoms with Crippen molar-refractivity contribution in [3.05, 3.63) is 63.6 Å². The molecule has 0 aliphatic carbocycles. The van der Waals surface area contributed by atoms with Crippen molar-refractivity contribution in [2.75, 3.05) is 5.73 Å². The summed E-state index contributed by atoms with van der Waals surface area (Å²) in [5.74, 6) is -1.10. The van der Waals surface area contributed by atoms with Gasteiger partial charge in [0, 0.05) is 21.3 Å². The molecule has 0 aliphatic heterocycles. The number of benzene rings is 2. The molecule has 0 heterocycles. The predicted octanol–water partition coefficient (Wildman–Crippen LogP) is 2.89. The number of nitrogen functional groups attached to an aromatic ring is 1. The molecule has 0 saturated carbocycles. The fourth-order valence-corrected chi connectivity index (χ4v) is 2.09. The molecule has 2 aromatic carbocycles. The molecule has 0 spiro atoms. The van der Waals surface area contributed by atoms with Gasteiger partial charge in [0.2, 0.25) is 0 Å². The van der Waals surface area contributed by atoms with Crippen LogP contribution in [0.3, 0.4) is 0 Å². The minimum Gasteiger partial charge on any atom is -0.481 e. The normalized spacial score (nSPS) is 10.2. The predicted molar refractivity (Wildman–Crippen MR) is 79.8 cm³/mol. The number of halogens is 1. The Morgan fingerprint density at radius 2 is 1.65 bits per heavy atom. The fourth-order valence-electron chi connectivity index (χ4n) is 1.83. The third-order valence-corrected chi connectivity index (χ3v) is 3.38. The molecule has 0 unspecified atom stereocenters. The van der Waals surface area contributed by atoms with Crippen molar-refractivity contribution in [2.24, 2.45) is 0 Å². The van der Waals surface area contributed by atoms with E-state index in [2.05, 4.69) is 15.9 Å². The molecule has 3 N–H and O–H groups in total. The van der Waals surface area contributed by atoms with Gasteiger partial charge in [-0.25, -0.2) is 0 Å². The van der Waals surface area contributed by atoms with E-state index in [4.69, 9.17) is 10.8 Å². The van der Waals surface area contributed by atoms with Gasteiger partial charge in [0.05, 0.1) is 6.42 Å². The summed E-state index contributed by atoms with van der Waals surface area (Å²) in [4.78, 5) is 22.9. The topological polar surface area (TPSA) is 80.4 Å². The fraction of sp³-hybridized carbons (Fsp3) is 0.0667. The molecule has 0 atom stereocenters. The van der Waals surface area contributed by atoms with E-state index in [0.717, 1.165) is 4.47 Å². The van der Waals surface area contributed by atoms with Crippen LogP contribution in [0.1, 0.15) is 21.5 Å². The number of carboxylic acid groups (broad SMARTS) is 1. The van der Waals surface area contributed by atoms with Gasteiger partial charge in [-0.1, -0.05) is 28.1 Å². The number of hydrogen-bond acceptors (Lipinski definition) is 3. The first kappa shape index (κ1) is 14.3. The van der Waals surface area contributed by atoms with E-state index >= 15 is 0 Å². The van der Waals surface area contributed by atoms with Crippen molar-refractivity contribution in [1.29, 1.82) is 0 Å². The molecule has 0 fully saturated rings. The van der Waals surface area contributed by atoms with E-state index in [1.165, 1.54) is 6.07 Å².